The monoisotopic (exact) mass is 615 g/mol. The number of aliphatic hydroxyl groups excluding tert-OH is 2. The Morgan fingerprint density at radius 2 is 1.71 bits per heavy atom. The SMILES string of the molecule is CCC1=C([C@H](O)CC/C(=C/c2cc(Br)ccc2O)c2ccccc2)[C@H](CO)[C@@H]2C(=O)N(c3ccccc3)C(=O)[C@@H]2C1. The average Bonchev–Trinajstić information content (AvgIpc) is 3.25. The van der Waals surface area contributed by atoms with Crippen molar-refractivity contribution in [2.24, 2.45) is 17.8 Å². The fourth-order valence-electron chi connectivity index (χ4n) is 6.36. The standard InChI is InChI=1S/C34H34BrNO5/c1-2-21-19-27-32(34(41)36(33(27)40)26-11-7-4-8-12-26)28(20-37)31(21)30(39)15-13-23(22-9-5-3-6-10-22)17-24-18-25(35)14-16-29(24)38/h3-12,14,16-18,27-28,30,32,37-39H,2,13,15,19-20H2,1H3/b23-17-/t27-,28+,30-,32-/m1/s1. The summed E-state index contributed by atoms with van der Waals surface area (Å²) in [5, 5.41) is 32.7. The molecule has 1 fully saturated rings. The van der Waals surface area contributed by atoms with Crippen LogP contribution in [0.4, 0.5) is 5.69 Å². The van der Waals surface area contributed by atoms with E-state index in [0.29, 0.717) is 42.5 Å². The molecule has 3 aromatic carbocycles. The van der Waals surface area contributed by atoms with Crippen LogP contribution in [0.5, 0.6) is 5.75 Å². The van der Waals surface area contributed by atoms with Gasteiger partial charge in [0.05, 0.1) is 30.2 Å². The second kappa shape index (κ2) is 12.6. The summed E-state index contributed by atoms with van der Waals surface area (Å²) in [6.07, 6.45) is 2.88. The number of amides is 2. The maximum atomic E-state index is 13.6. The van der Waals surface area contributed by atoms with E-state index in [1.807, 2.05) is 55.5 Å². The van der Waals surface area contributed by atoms with E-state index in [2.05, 4.69) is 15.9 Å². The molecule has 3 aromatic rings. The number of fused-ring (bicyclic) bond motifs is 1. The van der Waals surface area contributed by atoms with Gasteiger partial charge >= 0.3 is 0 Å². The van der Waals surface area contributed by atoms with Gasteiger partial charge in [-0.2, -0.15) is 0 Å². The third-order valence-electron chi connectivity index (χ3n) is 8.33. The fraction of sp³-hybridized carbons (Fsp3) is 0.294. The van der Waals surface area contributed by atoms with Crippen LogP contribution in [0.3, 0.4) is 0 Å². The van der Waals surface area contributed by atoms with E-state index in [9.17, 15) is 24.9 Å². The van der Waals surface area contributed by atoms with E-state index in [4.69, 9.17) is 0 Å². The lowest BCUT2D eigenvalue weighted by Gasteiger charge is -2.36. The van der Waals surface area contributed by atoms with E-state index in [-0.39, 0.29) is 24.2 Å². The number of carbonyl (C=O) groups is 2. The first-order valence-corrected chi connectivity index (χ1v) is 14.8. The van der Waals surface area contributed by atoms with Crippen molar-refractivity contribution in [3.05, 3.63) is 106 Å². The summed E-state index contributed by atoms with van der Waals surface area (Å²) in [6.45, 7) is 1.66. The molecule has 1 aliphatic heterocycles. The van der Waals surface area contributed by atoms with E-state index >= 15 is 0 Å². The van der Waals surface area contributed by atoms with Gasteiger partial charge in [-0.15, -0.1) is 0 Å². The van der Waals surface area contributed by atoms with Crippen molar-refractivity contribution in [3.63, 3.8) is 0 Å². The lowest BCUT2D eigenvalue weighted by molar-refractivity contribution is -0.123. The maximum absolute atomic E-state index is 13.6. The van der Waals surface area contributed by atoms with Gasteiger partial charge in [0.2, 0.25) is 11.8 Å². The first-order chi connectivity index (χ1) is 19.8. The van der Waals surface area contributed by atoms with Gasteiger partial charge in [0.1, 0.15) is 5.75 Å². The number of phenolic OH excluding ortho intramolecular Hbond substituents is 1. The highest BCUT2D eigenvalue weighted by Crippen LogP contribution is 2.48. The van der Waals surface area contributed by atoms with Crippen molar-refractivity contribution in [1.29, 1.82) is 0 Å². The zero-order chi connectivity index (χ0) is 29.1. The van der Waals surface area contributed by atoms with E-state index < -0.39 is 23.9 Å². The molecule has 1 saturated heterocycles. The highest BCUT2D eigenvalue weighted by molar-refractivity contribution is 9.10. The Balaban J connectivity index is 1.44. The van der Waals surface area contributed by atoms with E-state index in [1.54, 1.807) is 36.4 Å². The second-order valence-electron chi connectivity index (χ2n) is 10.7. The van der Waals surface area contributed by atoms with Gasteiger partial charge in [-0.05, 0) is 78.8 Å². The van der Waals surface area contributed by atoms with Crippen LogP contribution >= 0.6 is 15.9 Å². The number of rotatable bonds is 9. The van der Waals surface area contributed by atoms with Gasteiger partial charge in [-0.25, -0.2) is 0 Å². The van der Waals surface area contributed by atoms with Crippen molar-refractivity contribution < 1.29 is 24.9 Å². The van der Waals surface area contributed by atoms with Crippen molar-refractivity contribution in [1.82, 2.24) is 0 Å². The number of hydrogen-bond acceptors (Lipinski definition) is 5. The Labute approximate surface area is 248 Å². The number of aliphatic hydroxyl groups is 2. The van der Waals surface area contributed by atoms with Gasteiger partial charge in [-0.3, -0.25) is 14.5 Å². The lowest BCUT2D eigenvalue weighted by Crippen LogP contribution is -2.39. The third-order valence-corrected chi connectivity index (χ3v) is 8.83. The van der Waals surface area contributed by atoms with Crippen molar-refractivity contribution >= 4 is 45.1 Å². The number of imide groups is 1. The Bertz CT molecular complexity index is 1480. The van der Waals surface area contributed by atoms with Crippen molar-refractivity contribution in [2.45, 2.75) is 38.7 Å². The summed E-state index contributed by atoms with van der Waals surface area (Å²) >= 11 is 3.47. The molecular formula is C34H34BrNO5. The van der Waals surface area contributed by atoms with Crippen LogP contribution in [0.25, 0.3) is 11.6 Å². The Morgan fingerprint density at radius 1 is 1.02 bits per heavy atom. The minimum absolute atomic E-state index is 0.157. The second-order valence-corrected chi connectivity index (χ2v) is 11.6. The van der Waals surface area contributed by atoms with Gasteiger partial charge < -0.3 is 15.3 Å². The maximum Gasteiger partial charge on any atom is 0.238 e. The Kier molecular flexibility index (Phi) is 8.88. The molecule has 4 atom stereocenters. The molecule has 212 valence electrons. The quantitative estimate of drug-likeness (QED) is 0.148. The van der Waals surface area contributed by atoms with Crippen LogP contribution in [0.2, 0.25) is 0 Å². The molecule has 3 N–H and O–H groups in total. The Hall–Kier alpha value is -3.52. The predicted octanol–water partition coefficient (Wildman–Crippen LogP) is 6.36. The summed E-state index contributed by atoms with van der Waals surface area (Å²) in [4.78, 5) is 28.4. The topological polar surface area (TPSA) is 98.1 Å². The summed E-state index contributed by atoms with van der Waals surface area (Å²) in [6, 6.07) is 24.0. The largest absolute Gasteiger partial charge is 0.507 e. The van der Waals surface area contributed by atoms with Gasteiger partial charge in [0, 0.05) is 16.0 Å². The van der Waals surface area contributed by atoms with E-state index in [0.717, 1.165) is 21.2 Å². The summed E-state index contributed by atoms with van der Waals surface area (Å²) < 4.78 is 0.842. The molecule has 0 aromatic heterocycles. The molecule has 7 heteroatoms. The molecule has 0 spiro atoms. The molecule has 0 bridgehead atoms. The average molecular weight is 617 g/mol. The number of hydrogen-bond donors (Lipinski definition) is 3. The molecule has 1 heterocycles. The van der Waals surface area contributed by atoms with Crippen LogP contribution in [0, 0.1) is 17.8 Å². The Morgan fingerprint density at radius 3 is 2.37 bits per heavy atom. The van der Waals surface area contributed by atoms with Gasteiger partial charge in [0.15, 0.2) is 0 Å². The van der Waals surface area contributed by atoms with Crippen LogP contribution < -0.4 is 4.90 Å². The molecule has 2 aliphatic rings. The predicted molar refractivity (Wildman–Crippen MR) is 164 cm³/mol. The summed E-state index contributed by atoms with van der Waals surface area (Å²) in [5.41, 5.74) is 4.72. The molecule has 0 radical (unpaired) electrons. The van der Waals surface area contributed by atoms with E-state index in [1.165, 1.54) is 4.90 Å². The lowest BCUT2D eigenvalue weighted by atomic mass is 9.67. The fourth-order valence-corrected chi connectivity index (χ4v) is 6.74. The number of para-hydroxylation sites is 1. The molecule has 6 nitrogen and oxygen atoms in total. The molecule has 2 amide bonds. The first kappa shape index (κ1) is 29.0. The molecule has 0 saturated carbocycles. The zero-order valence-electron chi connectivity index (χ0n) is 22.9. The molecule has 41 heavy (non-hydrogen) atoms. The molecule has 1 aliphatic carbocycles. The number of anilines is 1. The smallest absolute Gasteiger partial charge is 0.238 e. The molecular weight excluding hydrogens is 582 g/mol. The van der Waals surface area contributed by atoms with Crippen LogP contribution in [-0.4, -0.2) is 39.8 Å². The summed E-state index contributed by atoms with van der Waals surface area (Å²) in [5.74, 6) is -2.31. The minimum Gasteiger partial charge on any atom is -0.507 e. The number of aromatic hydroxyl groups is 1. The van der Waals surface area contributed by atoms with Gasteiger partial charge in [-0.1, -0.05) is 77.0 Å². The number of carbonyl (C=O) groups excluding carboxylic acids is 2. The van der Waals surface area contributed by atoms with Crippen LogP contribution in [0.15, 0.2) is 94.5 Å². The molecule has 5 rings (SSSR count). The van der Waals surface area contributed by atoms with Crippen molar-refractivity contribution in [3.8, 4) is 5.75 Å². The van der Waals surface area contributed by atoms with Crippen LogP contribution in [0.1, 0.15) is 43.7 Å². The van der Waals surface area contributed by atoms with Crippen LogP contribution in [-0.2, 0) is 9.59 Å². The highest BCUT2D eigenvalue weighted by atomic mass is 79.9. The number of allylic oxidation sites excluding steroid dienone is 2. The number of benzene rings is 3. The number of phenols is 1. The minimum atomic E-state index is -0.903. The summed E-state index contributed by atoms with van der Waals surface area (Å²) in [7, 11) is 0. The first-order valence-electron chi connectivity index (χ1n) is 14.0. The zero-order valence-corrected chi connectivity index (χ0v) is 24.5. The van der Waals surface area contributed by atoms with Gasteiger partial charge in [0.25, 0.3) is 0 Å². The molecule has 0 unspecified atom stereocenters. The third kappa shape index (κ3) is 5.80. The van der Waals surface area contributed by atoms with Crippen molar-refractivity contribution in [2.75, 3.05) is 11.5 Å². The normalized spacial score (nSPS) is 21.8. The highest BCUT2D eigenvalue weighted by Gasteiger charge is 2.55. The number of halogens is 1. The number of nitrogens with zero attached hydrogens (tertiary/aromatic N) is 1.